The topological polar surface area (TPSA) is 12.0 Å². The van der Waals surface area contributed by atoms with Crippen LogP contribution in [0.5, 0.6) is 0 Å². The smallest absolute Gasteiger partial charge is 0.314 e. The fourth-order valence-electron chi connectivity index (χ4n) is 1.25. The Balaban J connectivity index is 3.82. The minimum atomic E-state index is -4.03. The van der Waals surface area contributed by atoms with Gasteiger partial charge < -0.3 is 5.32 Å². The van der Waals surface area contributed by atoms with Gasteiger partial charge in [-0.3, -0.25) is 0 Å². The monoisotopic (exact) mass is 197 g/mol. The van der Waals surface area contributed by atoms with E-state index in [9.17, 15) is 13.2 Å². The minimum absolute atomic E-state index is 0.0216. The van der Waals surface area contributed by atoms with Crippen LogP contribution in [0, 0.1) is 5.92 Å². The molecule has 0 aromatic carbocycles. The van der Waals surface area contributed by atoms with E-state index in [0.29, 0.717) is 0 Å². The average molecular weight is 197 g/mol. The molecule has 0 amide bonds. The molecule has 0 radical (unpaired) electrons. The summed E-state index contributed by atoms with van der Waals surface area (Å²) in [5.74, 6) is 0.252. The van der Waals surface area contributed by atoms with Gasteiger partial charge in [0.2, 0.25) is 0 Å². The standard InChI is InChI=1S/C9H18F3N/c1-4-13-8(7(2)3)5-6-9(10,11)12/h7-8,13H,4-6H2,1-3H3. The normalized spacial score (nSPS) is 15.0. The highest BCUT2D eigenvalue weighted by molar-refractivity contribution is 4.71. The Hall–Kier alpha value is -0.250. The highest BCUT2D eigenvalue weighted by Crippen LogP contribution is 2.23. The van der Waals surface area contributed by atoms with Crippen molar-refractivity contribution in [3.8, 4) is 0 Å². The van der Waals surface area contributed by atoms with Crippen molar-refractivity contribution in [3.05, 3.63) is 0 Å². The Morgan fingerprint density at radius 3 is 2.08 bits per heavy atom. The third kappa shape index (κ3) is 6.87. The number of hydrogen-bond donors (Lipinski definition) is 1. The van der Waals surface area contributed by atoms with E-state index in [-0.39, 0.29) is 18.4 Å². The maximum atomic E-state index is 11.9. The lowest BCUT2D eigenvalue weighted by Gasteiger charge is -2.22. The molecule has 0 saturated heterocycles. The maximum Gasteiger partial charge on any atom is 0.389 e. The van der Waals surface area contributed by atoms with Gasteiger partial charge in [0.1, 0.15) is 0 Å². The zero-order valence-corrected chi connectivity index (χ0v) is 8.41. The molecule has 0 saturated carbocycles. The highest BCUT2D eigenvalue weighted by Gasteiger charge is 2.28. The summed E-state index contributed by atoms with van der Waals surface area (Å²) in [7, 11) is 0. The van der Waals surface area contributed by atoms with Gasteiger partial charge in [-0.1, -0.05) is 20.8 Å². The molecule has 0 aromatic heterocycles. The van der Waals surface area contributed by atoms with E-state index in [1.807, 2.05) is 20.8 Å². The van der Waals surface area contributed by atoms with Crippen molar-refractivity contribution in [2.24, 2.45) is 5.92 Å². The number of hydrogen-bond acceptors (Lipinski definition) is 1. The molecule has 13 heavy (non-hydrogen) atoms. The van der Waals surface area contributed by atoms with Crippen molar-refractivity contribution in [1.82, 2.24) is 5.32 Å². The summed E-state index contributed by atoms with van der Waals surface area (Å²) < 4.78 is 35.7. The van der Waals surface area contributed by atoms with E-state index in [1.165, 1.54) is 0 Å². The van der Waals surface area contributed by atoms with Crippen LogP contribution in [-0.4, -0.2) is 18.8 Å². The van der Waals surface area contributed by atoms with Gasteiger partial charge in [0.25, 0.3) is 0 Å². The summed E-state index contributed by atoms with van der Waals surface area (Å²) in [6.45, 7) is 6.50. The Labute approximate surface area is 77.7 Å². The Bertz CT molecular complexity index is 131. The van der Waals surface area contributed by atoms with Crippen LogP contribution >= 0.6 is 0 Å². The predicted molar refractivity (Wildman–Crippen MR) is 47.6 cm³/mol. The highest BCUT2D eigenvalue weighted by atomic mass is 19.4. The first-order valence-electron chi connectivity index (χ1n) is 4.67. The second-order valence-electron chi connectivity index (χ2n) is 3.56. The lowest BCUT2D eigenvalue weighted by Crippen LogP contribution is -2.34. The van der Waals surface area contributed by atoms with E-state index in [4.69, 9.17) is 0 Å². The molecule has 1 atom stereocenters. The fourth-order valence-corrected chi connectivity index (χ4v) is 1.25. The first-order chi connectivity index (χ1) is 5.87. The van der Waals surface area contributed by atoms with Gasteiger partial charge >= 0.3 is 6.18 Å². The summed E-state index contributed by atoms with van der Waals surface area (Å²) >= 11 is 0. The number of halogens is 3. The van der Waals surface area contributed by atoms with Gasteiger partial charge in [-0.2, -0.15) is 13.2 Å². The quantitative estimate of drug-likeness (QED) is 0.714. The van der Waals surface area contributed by atoms with Gasteiger partial charge in [0, 0.05) is 12.5 Å². The zero-order chi connectivity index (χ0) is 10.5. The van der Waals surface area contributed by atoms with Crippen LogP contribution in [0.2, 0.25) is 0 Å². The minimum Gasteiger partial charge on any atom is -0.314 e. The average Bonchev–Trinajstić information content (AvgIpc) is 1.95. The van der Waals surface area contributed by atoms with Crippen LogP contribution in [0.25, 0.3) is 0 Å². The van der Waals surface area contributed by atoms with Crippen molar-refractivity contribution in [2.75, 3.05) is 6.54 Å². The fraction of sp³-hybridized carbons (Fsp3) is 1.00. The second kappa shape index (κ2) is 5.47. The van der Waals surface area contributed by atoms with Crippen molar-refractivity contribution in [1.29, 1.82) is 0 Å². The molecule has 0 aliphatic rings. The Morgan fingerprint density at radius 1 is 1.23 bits per heavy atom. The van der Waals surface area contributed by atoms with Crippen LogP contribution in [0.1, 0.15) is 33.6 Å². The third-order valence-corrected chi connectivity index (χ3v) is 2.01. The van der Waals surface area contributed by atoms with Crippen LogP contribution in [-0.2, 0) is 0 Å². The summed E-state index contributed by atoms with van der Waals surface area (Å²) in [5.41, 5.74) is 0. The molecule has 0 fully saturated rings. The number of nitrogens with one attached hydrogen (secondary N) is 1. The maximum absolute atomic E-state index is 11.9. The van der Waals surface area contributed by atoms with Crippen molar-refractivity contribution in [2.45, 2.75) is 45.8 Å². The van der Waals surface area contributed by atoms with Crippen LogP contribution in [0.3, 0.4) is 0 Å². The van der Waals surface area contributed by atoms with E-state index in [1.54, 1.807) is 0 Å². The van der Waals surface area contributed by atoms with Crippen molar-refractivity contribution < 1.29 is 13.2 Å². The number of rotatable bonds is 5. The molecule has 80 valence electrons. The molecule has 1 N–H and O–H groups in total. The molecule has 0 rings (SSSR count). The zero-order valence-electron chi connectivity index (χ0n) is 8.41. The van der Waals surface area contributed by atoms with Crippen LogP contribution in [0.4, 0.5) is 13.2 Å². The molecule has 0 spiro atoms. The van der Waals surface area contributed by atoms with Gasteiger partial charge in [0.05, 0.1) is 0 Å². The van der Waals surface area contributed by atoms with Crippen molar-refractivity contribution in [3.63, 3.8) is 0 Å². The van der Waals surface area contributed by atoms with Crippen molar-refractivity contribution >= 4 is 0 Å². The molecular formula is C9H18F3N. The molecule has 4 heteroatoms. The van der Waals surface area contributed by atoms with E-state index in [2.05, 4.69) is 5.32 Å². The lowest BCUT2D eigenvalue weighted by atomic mass is 9.99. The summed E-state index contributed by atoms with van der Waals surface area (Å²) in [6.07, 6.45) is -4.54. The molecule has 0 aliphatic carbocycles. The van der Waals surface area contributed by atoms with Gasteiger partial charge in [-0.15, -0.1) is 0 Å². The Kier molecular flexibility index (Phi) is 5.37. The molecule has 0 aliphatic heterocycles. The van der Waals surface area contributed by atoms with Crippen LogP contribution < -0.4 is 5.32 Å². The van der Waals surface area contributed by atoms with E-state index in [0.717, 1.165) is 6.54 Å². The van der Waals surface area contributed by atoms with Gasteiger partial charge in [-0.25, -0.2) is 0 Å². The Morgan fingerprint density at radius 2 is 1.77 bits per heavy atom. The molecule has 0 aromatic rings. The largest absolute Gasteiger partial charge is 0.389 e. The first-order valence-corrected chi connectivity index (χ1v) is 4.67. The number of alkyl halides is 3. The lowest BCUT2D eigenvalue weighted by molar-refractivity contribution is -0.137. The van der Waals surface area contributed by atoms with Gasteiger partial charge in [-0.05, 0) is 18.9 Å². The molecule has 0 heterocycles. The van der Waals surface area contributed by atoms with Crippen LogP contribution in [0.15, 0.2) is 0 Å². The second-order valence-corrected chi connectivity index (χ2v) is 3.56. The third-order valence-electron chi connectivity index (χ3n) is 2.01. The van der Waals surface area contributed by atoms with Gasteiger partial charge in [0.15, 0.2) is 0 Å². The predicted octanol–water partition coefficient (Wildman–Crippen LogP) is 2.96. The van der Waals surface area contributed by atoms with E-state index >= 15 is 0 Å². The first kappa shape index (κ1) is 12.8. The summed E-state index contributed by atoms with van der Waals surface area (Å²) in [4.78, 5) is 0. The molecule has 0 bridgehead atoms. The SMILES string of the molecule is CCNC(CCC(F)(F)F)C(C)C. The molecule has 1 unspecified atom stereocenters. The van der Waals surface area contributed by atoms with E-state index < -0.39 is 12.6 Å². The molecule has 1 nitrogen and oxygen atoms in total. The summed E-state index contributed by atoms with van der Waals surface area (Å²) in [5, 5.41) is 3.05. The molecular weight excluding hydrogens is 179 g/mol. The summed E-state index contributed by atoms with van der Waals surface area (Å²) in [6, 6.07) is -0.0216.